The lowest BCUT2D eigenvalue weighted by molar-refractivity contribution is 0.867. The number of hydrogen-bond donors (Lipinski definition) is 1. The Kier molecular flexibility index (Phi) is 11.5. The fourth-order valence-corrected chi connectivity index (χ4v) is 0.838. The van der Waals surface area contributed by atoms with Crippen molar-refractivity contribution in [2.45, 2.75) is 19.8 Å². The molecule has 0 radical (unpaired) electrons. The van der Waals surface area contributed by atoms with Crippen molar-refractivity contribution >= 4 is 12.4 Å². The smallest absolute Gasteiger partial charge is 0.0104 e. The molecule has 0 heterocycles. The largest absolute Gasteiger partial charge is 0.327 e. The summed E-state index contributed by atoms with van der Waals surface area (Å²) >= 11 is 0. The van der Waals surface area contributed by atoms with Crippen molar-refractivity contribution in [3.8, 4) is 0 Å². The van der Waals surface area contributed by atoms with Crippen molar-refractivity contribution in [3.05, 3.63) is 48.6 Å². The Hall–Kier alpha value is -0.790. The lowest BCUT2D eigenvalue weighted by atomic mass is 10.0. The van der Waals surface area contributed by atoms with Gasteiger partial charge in [-0.1, -0.05) is 50.3 Å². The molecular formula is C12H20ClN. The van der Waals surface area contributed by atoms with E-state index in [2.05, 4.69) is 44.7 Å². The molecule has 0 atom stereocenters. The van der Waals surface area contributed by atoms with Crippen LogP contribution in [0.25, 0.3) is 0 Å². The first-order chi connectivity index (χ1) is 6.22. The molecule has 1 aromatic carbocycles. The van der Waals surface area contributed by atoms with E-state index in [1.807, 2.05) is 6.07 Å². The summed E-state index contributed by atoms with van der Waals surface area (Å²) < 4.78 is 0. The predicted octanol–water partition coefficient (Wildman–Crippen LogP) is 3.36. The van der Waals surface area contributed by atoms with Crippen LogP contribution in [0.15, 0.2) is 43.0 Å². The van der Waals surface area contributed by atoms with Crippen LogP contribution in [-0.4, -0.2) is 6.54 Å². The Labute approximate surface area is 93.4 Å². The standard InChI is InChI=1S/C9H12.C3H7N.ClH/c1-8(2)9-6-4-3-5-7-9;1-2-3-4;/h3-8H,1-2H3;2H,1,3-4H2;1H. The third-order valence-corrected chi connectivity index (χ3v) is 1.63. The van der Waals surface area contributed by atoms with Crippen molar-refractivity contribution in [2.24, 2.45) is 5.73 Å². The minimum absolute atomic E-state index is 0. The molecule has 0 unspecified atom stereocenters. The van der Waals surface area contributed by atoms with E-state index in [4.69, 9.17) is 5.73 Å². The lowest BCUT2D eigenvalue weighted by Crippen LogP contribution is -1.90. The van der Waals surface area contributed by atoms with Gasteiger partial charge in [0, 0.05) is 6.54 Å². The molecule has 0 aliphatic carbocycles. The number of nitrogens with two attached hydrogens (primary N) is 1. The van der Waals surface area contributed by atoms with Crippen LogP contribution in [0.4, 0.5) is 0 Å². The molecule has 0 aromatic heterocycles. The lowest BCUT2D eigenvalue weighted by Gasteiger charge is -2.01. The Bertz CT molecular complexity index is 219. The molecule has 0 aliphatic rings. The zero-order chi connectivity index (χ0) is 10.1. The second kappa shape index (κ2) is 10.3. The SMILES string of the molecule is C=CCN.CC(C)c1ccccc1.Cl. The Morgan fingerprint density at radius 3 is 1.93 bits per heavy atom. The highest BCUT2D eigenvalue weighted by molar-refractivity contribution is 5.85. The molecule has 0 saturated heterocycles. The van der Waals surface area contributed by atoms with Gasteiger partial charge < -0.3 is 5.73 Å². The van der Waals surface area contributed by atoms with Crippen LogP contribution in [0.3, 0.4) is 0 Å². The van der Waals surface area contributed by atoms with Crippen LogP contribution < -0.4 is 5.73 Å². The first kappa shape index (κ1) is 15.7. The number of rotatable bonds is 2. The van der Waals surface area contributed by atoms with Crippen LogP contribution in [-0.2, 0) is 0 Å². The molecule has 1 rings (SSSR count). The molecule has 0 fully saturated rings. The summed E-state index contributed by atoms with van der Waals surface area (Å²) in [6.45, 7) is 8.34. The van der Waals surface area contributed by atoms with E-state index in [0.717, 1.165) is 0 Å². The van der Waals surface area contributed by atoms with E-state index < -0.39 is 0 Å². The highest BCUT2D eigenvalue weighted by atomic mass is 35.5. The quantitative estimate of drug-likeness (QED) is 0.750. The maximum atomic E-state index is 4.91. The third kappa shape index (κ3) is 7.84. The van der Waals surface area contributed by atoms with Gasteiger partial charge in [-0.15, -0.1) is 19.0 Å². The summed E-state index contributed by atoms with van der Waals surface area (Å²) in [6.07, 6.45) is 1.65. The average Bonchev–Trinajstić information content (AvgIpc) is 2.19. The van der Waals surface area contributed by atoms with Gasteiger partial charge in [0.1, 0.15) is 0 Å². The predicted molar refractivity (Wildman–Crippen MR) is 67.0 cm³/mol. The van der Waals surface area contributed by atoms with Crippen molar-refractivity contribution in [1.29, 1.82) is 0 Å². The summed E-state index contributed by atoms with van der Waals surface area (Å²) in [5, 5.41) is 0. The Morgan fingerprint density at radius 2 is 1.71 bits per heavy atom. The zero-order valence-corrected chi connectivity index (χ0v) is 9.76. The normalized spacial score (nSPS) is 8.29. The topological polar surface area (TPSA) is 26.0 Å². The zero-order valence-electron chi connectivity index (χ0n) is 8.94. The van der Waals surface area contributed by atoms with Gasteiger partial charge in [-0.3, -0.25) is 0 Å². The Balaban J connectivity index is 0. The van der Waals surface area contributed by atoms with Gasteiger partial charge in [-0.25, -0.2) is 0 Å². The molecule has 0 aliphatic heterocycles. The van der Waals surface area contributed by atoms with Gasteiger partial charge in [-0.05, 0) is 11.5 Å². The number of halogens is 1. The van der Waals surface area contributed by atoms with Gasteiger partial charge in [0.25, 0.3) is 0 Å². The third-order valence-electron chi connectivity index (χ3n) is 1.63. The molecule has 80 valence electrons. The summed E-state index contributed by atoms with van der Waals surface area (Å²) in [6, 6.07) is 10.5. The van der Waals surface area contributed by atoms with Gasteiger partial charge in [0.05, 0.1) is 0 Å². The molecule has 1 aromatic rings. The van der Waals surface area contributed by atoms with Crippen LogP contribution in [0.5, 0.6) is 0 Å². The van der Waals surface area contributed by atoms with E-state index in [1.54, 1.807) is 6.08 Å². The molecular weight excluding hydrogens is 194 g/mol. The molecule has 0 saturated carbocycles. The highest BCUT2D eigenvalue weighted by Gasteiger charge is 1.93. The van der Waals surface area contributed by atoms with Crippen molar-refractivity contribution in [3.63, 3.8) is 0 Å². The van der Waals surface area contributed by atoms with E-state index >= 15 is 0 Å². The number of benzene rings is 1. The van der Waals surface area contributed by atoms with Gasteiger partial charge in [0.2, 0.25) is 0 Å². The van der Waals surface area contributed by atoms with Gasteiger partial charge in [0.15, 0.2) is 0 Å². The second-order valence-electron chi connectivity index (χ2n) is 3.09. The maximum Gasteiger partial charge on any atom is 0.0104 e. The fourth-order valence-electron chi connectivity index (χ4n) is 0.838. The molecule has 0 amide bonds. The Morgan fingerprint density at radius 1 is 1.29 bits per heavy atom. The van der Waals surface area contributed by atoms with E-state index in [-0.39, 0.29) is 12.4 Å². The maximum absolute atomic E-state index is 4.91. The minimum Gasteiger partial charge on any atom is -0.327 e. The van der Waals surface area contributed by atoms with E-state index in [9.17, 15) is 0 Å². The van der Waals surface area contributed by atoms with Crippen LogP contribution in [0.1, 0.15) is 25.3 Å². The molecule has 2 N–H and O–H groups in total. The van der Waals surface area contributed by atoms with Crippen molar-refractivity contribution in [1.82, 2.24) is 0 Å². The fraction of sp³-hybridized carbons (Fsp3) is 0.333. The highest BCUT2D eigenvalue weighted by Crippen LogP contribution is 2.11. The minimum atomic E-state index is 0. The summed E-state index contributed by atoms with van der Waals surface area (Å²) in [5.74, 6) is 0.659. The van der Waals surface area contributed by atoms with E-state index in [0.29, 0.717) is 12.5 Å². The molecule has 1 nitrogen and oxygen atoms in total. The summed E-state index contributed by atoms with van der Waals surface area (Å²) in [4.78, 5) is 0. The number of hydrogen-bond acceptors (Lipinski definition) is 1. The summed E-state index contributed by atoms with van der Waals surface area (Å²) in [7, 11) is 0. The van der Waals surface area contributed by atoms with Gasteiger partial charge in [-0.2, -0.15) is 0 Å². The van der Waals surface area contributed by atoms with Crippen LogP contribution >= 0.6 is 12.4 Å². The molecule has 2 heteroatoms. The molecule has 0 spiro atoms. The van der Waals surface area contributed by atoms with Crippen molar-refractivity contribution < 1.29 is 0 Å². The van der Waals surface area contributed by atoms with Crippen LogP contribution in [0.2, 0.25) is 0 Å². The van der Waals surface area contributed by atoms with Crippen molar-refractivity contribution in [2.75, 3.05) is 6.54 Å². The average molecular weight is 214 g/mol. The summed E-state index contributed by atoms with van der Waals surface area (Å²) in [5.41, 5.74) is 6.32. The first-order valence-electron chi connectivity index (χ1n) is 4.58. The van der Waals surface area contributed by atoms with E-state index in [1.165, 1.54) is 5.56 Å². The van der Waals surface area contributed by atoms with Crippen LogP contribution in [0, 0.1) is 0 Å². The molecule has 0 bridgehead atoms. The first-order valence-corrected chi connectivity index (χ1v) is 4.58. The van der Waals surface area contributed by atoms with Gasteiger partial charge >= 0.3 is 0 Å². The monoisotopic (exact) mass is 213 g/mol. The molecule has 14 heavy (non-hydrogen) atoms. The second-order valence-corrected chi connectivity index (χ2v) is 3.09.